The number of nitriles is 1. The van der Waals surface area contributed by atoms with Gasteiger partial charge in [0.05, 0.1) is 23.4 Å². The van der Waals surface area contributed by atoms with Gasteiger partial charge in [0, 0.05) is 16.3 Å². The smallest absolute Gasteiger partial charge is 0.252 e. The molecular weight excluding hydrogens is 406 g/mol. The first-order chi connectivity index (χ1) is 15.3. The normalized spacial score (nSPS) is 15.2. The number of hydrogen-bond acceptors (Lipinski definition) is 5. The minimum atomic E-state index is -0.119. The number of carbonyl (C=O) groups is 1. The molecule has 4 rings (SSSR count). The highest BCUT2D eigenvalue weighted by atomic mass is 32.2. The van der Waals surface area contributed by atoms with Crippen molar-refractivity contribution in [2.24, 2.45) is 0 Å². The molecule has 1 aliphatic heterocycles. The van der Waals surface area contributed by atoms with E-state index in [4.69, 9.17) is 4.42 Å². The van der Waals surface area contributed by atoms with Gasteiger partial charge in [0.2, 0.25) is 0 Å². The minimum absolute atomic E-state index is 0.0263. The number of piperidine rings is 1. The fourth-order valence-corrected chi connectivity index (χ4v) is 4.94. The number of furan rings is 1. The summed E-state index contributed by atoms with van der Waals surface area (Å²) in [5.74, 6) is 0.763. The third kappa shape index (κ3) is 5.19. The molecule has 1 aliphatic rings. The number of amides is 1. The molecule has 0 bridgehead atoms. The largest absolute Gasteiger partial charge is 0.468 e. The fourth-order valence-electron chi connectivity index (χ4n) is 3.91. The molecule has 1 aromatic heterocycles. The molecule has 0 spiro atoms. The Morgan fingerprint density at radius 1 is 1.03 bits per heavy atom. The van der Waals surface area contributed by atoms with Crippen LogP contribution in [0.25, 0.3) is 0 Å². The maximum Gasteiger partial charge on any atom is 0.252 e. The Hall–Kier alpha value is -3.01. The van der Waals surface area contributed by atoms with Crippen molar-refractivity contribution in [2.45, 2.75) is 35.1 Å². The standard InChI is InChI=1S/C25H25N3O2S/c26-17-19-9-2-4-12-23(19)31-24-13-5-3-10-20(24)25(29)27-18-21(22-11-8-16-30-22)28-14-6-1-7-15-28/h2-5,8-13,16,21H,1,6-7,14-15,18H2,(H,27,29)/t21-/m1/s1. The van der Waals surface area contributed by atoms with Crippen molar-refractivity contribution in [3.8, 4) is 6.07 Å². The molecule has 5 nitrogen and oxygen atoms in total. The highest BCUT2D eigenvalue weighted by molar-refractivity contribution is 7.99. The maximum atomic E-state index is 13.1. The van der Waals surface area contributed by atoms with Crippen LogP contribution in [-0.4, -0.2) is 30.4 Å². The third-order valence-electron chi connectivity index (χ3n) is 5.52. The summed E-state index contributed by atoms with van der Waals surface area (Å²) in [5, 5.41) is 12.5. The van der Waals surface area contributed by atoms with E-state index in [1.165, 1.54) is 31.0 Å². The van der Waals surface area contributed by atoms with E-state index in [9.17, 15) is 10.1 Å². The number of nitrogens with one attached hydrogen (secondary N) is 1. The summed E-state index contributed by atoms with van der Waals surface area (Å²) in [4.78, 5) is 17.2. The lowest BCUT2D eigenvalue weighted by Gasteiger charge is -2.33. The summed E-state index contributed by atoms with van der Waals surface area (Å²) in [6.45, 7) is 2.51. The van der Waals surface area contributed by atoms with Gasteiger partial charge in [-0.15, -0.1) is 0 Å². The minimum Gasteiger partial charge on any atom is -0.468 e. The van der Waals surface area contributed by atoms with Gasteiger partial charge in [-0.05, 0) is 62.3 Å². The predicted molar refractivity (Wildman–Crippen MR) is 121 cm³/mol. The zero-order chi connectivity index (χ0) is 21.5. The topological polar surface area (TPSA) is 69.3 Å². The number of rotatable bonds is 7. The highest BCUT2D eigenvalue weighted by Gasteiger charge is 2.25. The van der Waals surface area contributed by atoms with E-state index in [1.807, 2.05) is 54.6 Å². The number of likely N-dealkylation sites (tertiary alicyclic amines) is 1. The van der Waals surface area contributed by atoms with Crippen molar-refractivity contribution in [3.05, 3.63) is 83.8 Å². The fraction of sp³-hybridized carbons (Fsp3) is 0.280. The van der Waals surface area contributed by atoms with Gasteiger partial charge in [0.25, 0.3) is 5.91 Å². The monoisotopic (exact) mass is 431 g/mol. The van der Waals surface area contributed by atoms with E-state index in [1.54, 1.807) is 12.3 Å². The Kier molecular flexibility index (Phi) is 7.08. The van der Waals surface area contributed by atoms with Gasteiger partial charge in [-0.25, -0.2) is 0 Å². The van der Waals surface area contributed by atoms with Gasteiger partial charge in [-0.3, -0.25) is 9.69 Å². The Morgan fingerprint density at radius 3 is 2.52 bits per heavy atom. The van der Waals surface area contributed by atoms with E-state index in [-0.39, 0.29) is 11.9 Å². The second-order valence-corrected chi connectivity index (χ2v) is 8.63. The van der Waals surface area contributed by atoms with Crippen LogP contribution >= 0.6 is 11.8 Å². The van der Waals surface area contributed by atoms with Crippen LogP contribution in [0, 0.1) is 11.3 Å². The molecular formula is C25H25N3O2S. The van der Waals surface area contributed by atoms with Crippen LogP contribution in [0.5, 0.6) is 0 Å². The molecule has 1 amide bonds. The summed E-state index contributed by atoms with van der Waals surface area (Å²) in [5.41, 5.74) is 1.21. The van der Waals surface area contributed by atoms with Crippen LogP contribution in [0.1, 0.15) is 47.0 Å². The Bertz CT molecular complexity index is 1050. The van der Waals surface area contributed by atoms with Crippen LogP contribution in [0.3, 0.4) is 0 Å². The molecule has 0 saturated carbocycles. The van der Waals surface area contributed by atoms with Crippen molar-refractivity contribution in [1.29, 1.82) is 5.26 Å². The van der Waals surface area contributed by atoms with Gasteiger partial charge < -0.3 is 9.73 Å². The zero-order valence-electron chi connectivity index (χ0n) is 17.3. The van der Waals surface area contributed by atoms with Crippen LogP contribution in [-0.2, 0) is 0 Å². The molecule has 1 saturated heterocycles. The first-order valence-corrected chi connectivity index (χ1v) is 11.4. The predicted octanol–water partition coefficient (Wildman–Crippen LogP) is 5.26. The molecule has 0 unspecified atom stereocenters. The van der Waals surface area contributed by atoms with Crippen molar-refractivity contribution < 1.29 is 9.21 Å². The van der Waals surface area contributed by atoms with Gasteiger partial charge in [0.1, 0.15) is 11.8 Å². The van der Waals surface area contributed by atoms with Crippen LogP contribution < -0.4 is 5.32 Å². The summed E-state index contributed by atoms with van der Waals surface area (Å²) in [6.07, 6.45) is 5.28. The lowest BCUT2D eigenvalue weighted by atomic mass is 10.1. The Labute approximate surface area is 187 Å². The number of benzene rings is 2. The molecule has 3 aromatic rings. The molecule has 0 radical (unpaired) electrons. The lowest BCUT2D eigenvalue weighted by molar-refractivity contribution is 0.0911. The second kappa shape index (κ2) is 10.3. The molecule has 1 atom stereocenters. The highest BCUT2D eigenvalue weighted by Crippen LogP contribution is 2.32. The Balaban J connectivity index is 1.50. The zero-order valence-corrected chi connectivity index (χ0v) is 18.1. The maximum absolute atomic E-state index is 13.1. The van der Waals surface area contributed by atoms with E-state index in [2.05, 4.69) is 16.3 Å². The van der Waals surface area contributed by atoms with Crippen molar-refractivity contribution >= 4 is 17.7 Å². The summed E-state index contributed by atoms with van der Waals surface area (Å²) in [7, 11) is 0. The molecule has 6 heteroatoms. The van der Waals surface area contributed by atoms with Crippen molar-refractivity contribution in [2.75, 3.05) is 19.6 Å². The van der Waals surface area contributed by atoms with Crippen molar-refractivity contribution in [1.82, 2.24) is 10.2 Å². The molecule has 0 aliphatic carbocycles. The van der Waals surface area contributed by atoms with Gasteiger partial charge in [-0.1, -0.05) is 42.4 Å². The van der Waals surface area contributed by atoms with E-state index < -0.39 is 0 Å². The SMILES string of the molecule is N#Cc1ccccc1Sc1ccccc1C(=O)NC[C@H](c1ccco1)N1CCCCC1. The lowest BCUT2D eigenvalue weighted by Crippen LogP contribution is -2.40. The van der Waals surface area contributed by atoms with Crippen LogP contribution in [0.2, 0.25) is 0 Å². The summed E-state index contributed by atoms with van der Waals surface area (Å²) >= 11 is 1.44. The van der Waals surface area contributed by atoms with E-state index in [0.717, 1.165) is 28.6 Å². The van der Waals surface area contributed by atoms with E-state index >= 15 is 0 Å². The number of nitrogens with zero attached hydrogens (tertiary/aromatic N) is 2. The number of carbonyl (C=O) groups excluding carboxylic acids is 1. The second-order valence-electron chi connectivity index (χ2n) is 7.54. The third-order valence-corrected chi connectivity index (χ3v) is 6.67. The average molecular weight is 432 g/mol. The average Bonchev–Trinajstić information content (AvgIpc) is 3.35. The summed E-state index contributed by atoms with van der Waals surface area (Å²) in [6, 6.07) is 21.1. The van der Waals surface area contributed by atoms with Gasteiger partial charge in [-0.2, -0.15) is 5.26 Å². The molecule has 1 fully saturated rings. The molecule has 2 aromatic carbocycles. The molecule has 1 N–H and O–H groups in total. The van der Waals surface area contributed by atoms with Gasteiger partial charge >= 0.3 is 0 Å². The quantitative estimate of drug-likeness (QED) is 0.553. The summed E-state index contributed by atoms with van der Waals surface area (Å²) < 4.78 is 5.69. The first-order valence-electron chi connectivity index (χ1n) is 10.6. The van der Waals surface area contributed by atoms with Gasteiger partial charge in [0.15, 0.2) is 0 Å². The molecule has 158 valence electrons. The number of hydrogen-bond donors (Lipinski definition) is 1. The first kappa shape index (κ1) is 21.2. The molecule has 31 heavy (non-hydrogen) atoms. The van der Waals surface area contributed by atoms with Crippen LogP contribution in [0.15, 0.2) is 81.1 Å². The van der Waals surface area contributed by atoms with Crippen molar-refractivity contribution in [3.63, 3.8) is 0 Å². The Morgan fingerprint density at radius 2 is 1.77 bits per heavy atom. The molecule has 2 heterocycles. The van der Waals surface area contributed by atoms with Crippen LogP contribution in [0.4, 0.5) is 0 Å². The van der Waals surface area contributed by atoms with E-state index in [0.29, 0.717) is 17.7 Å².